The molecule has 7 heteroatoms. The lowest BCUT2D eigenvalue weighted by Gasteiger charge is -2.30. The normalized spacial score (nSPS) is 15.4. The third-order valence-corrected chi connectivity index (χ3v) is 4.26. The Morgan fingerprint density at radius 1 is 1.17 bits per heavy atom. The average molecular weight is 335 g/mol. The Kier molecular flexibility index (Phi) is 4.83. The smallest absolute Gasteiger partial charge is 0.222 e. The van der Waals surface area contributed by atoms with Crippen LogP contribution in [-0.2, 0) is 0 Å². The van der Waals surface area contributed by atoms with Crippen molar-refractivity contribution in [3.8, 4) is 11.5 Å². The van der Waals surface area contributed by atoms with Crippen LogP contribution < -0.4 is 15.5 Å². The molecule has 2 aromatic rings. The van der Waals surface area contributed by atoms with Gasteiger partial charge in [0, 0.05) is 0 Å². The Bertz CT molecular complexity index is 677. The molecule has 0 radical (unpaired) electrons. The van der Waals surface area contributed by atoms with Crippen LogP contribution in [0.1, 0.15) is 32.1 Å². The lowest BCUT2D eigenvalue weighted by molar-refractivity contribution is 0.185. The summed E-state index contributed by atoms with van der Waals surface area (Å²) in [5.41, 5.74) is 5.68. The molecule has 0 amide bonds. The topological polar surface area (TPSA) is 84.5 Å². The molecule has 1 aliphatic carbocycles. The number of rotatable bonds is 4. The standard InChI is InChI=1S/C16H19ClN4O2/c17-12-8-4-5-9-13(12)23-14-10-19-16(18)20-15(14)21(22)11-6-2-1-3-7-11/h4-5,8-11,22H,1-3,6-7H2,(H2,18,19,20). The van der Waals surface area contributed by atoms with Crippen molar-refractivity contribution in [1.82, 2.24) is 9.97 Å². The zero-order chi connectivity index (χ0) is 16.2. The van der Waals surface area contributed by atoms with Crippen LogP contribution in [-0.4, -0.2) is 21.2 Å². The van der Waals surface area contributed by atoms with Crippen molar-refractivity contribution >= 4 is 23.4 Å². The Morgan fingerprint density at radius 3 is 2.65 bits per heavy atom. The first-order valence-electron chi connectivity index (χ1n) is 7.68. The van der Waals surface area contributed by atoms with E-state index in [9.17, 15) is 5.21 Å². The molecule has 6 nitrogen and oxygen atoms in total. The number of anilines is 2. The number of hydroxylamine groups is 1. The summed E-state index contributed by atoms with van der Waals surface area (Å²) in [7, 11) is 0. The Balaban J connectivity index is 1.89. The number of para-hydroxylation sites is 1. The van der Waals surface area contributed by atoms with E-state index in [4.69, 9.17) is 22.1 Å². The molecule has 1 heterocycles. The van der Waals surface area contributed by atoms with Crippen LogP contribution in [0.2, 0.25) is 5.02 Å². The van der Waals surface area contributed by atoms with Crippen molar-refractivity contribution in [1.29, 1.82) is 0 Å². The van der Waals surface area contributed by atoms with Crippen molar-refractivity contribution in [2.45, 2.75) is 38.1 Å². The number of nitrogen functional groups attached to an aromatic ring is 1. The fourth-order valence-corrected chi connectivity index (χ4v) is 2.93. The molecule has 0 saturated heterocycles. The first-order valence-corrected chi connectivity index (χ1v) is 8.06. The number of nitrogens with zero attached hydrogens (tertiary/aromatic N) is 3. The van der Waals surface area contributed by atoms with Crippen LogP contribution in [0.3, 0.4) is 0 Å². The molecule has 0 bridgehead atoms. The van der Waals surface area contributed by atoms with Crippen LogP contribution in [0.25, 0.3) is 0 Å². The van der Waals surface area contributed by atoms with Crippen molar-refractivity contribution in [3.05, 3.63) is 35.5 Å². The minimum atomic E-state index is 0.00615. The fraction of sp³-hybridized carbons (Fsp3) is 0.375. The van der Waals surface area contributed by atoms with Gasteiger partial charge in [0.1, 0.15) is 5.75 Å². The molecular weight excluding hydrogens is 316 g/mol. The lowest BCUT2D eigenvalue weighted by atomic mass is 9.95. The minimum absolute atomic E-state index is 0.00615. The highest BCUT2D eigenvalue weighted by atomic mass is 35.5. The molecule has 3 rings (SSSR count). The summed E-state index contributed by atoms with van der Waals surface area (Å²) in [6, 6.07) is 7.11. The van der Waals surface area contributed by atoms with Gasteiger partial charge in [0.05, 0.1) is 17.3 Å². The summed E-state index contributed by atoms with van der Waals surface area (Å²) < 4.78 is 5.79. The van der Waals surface area contributed by atoms with Crippen LogP contribution in [0, 0.1) is 0 Å². The highest BCUT2D eigenvalue weighted by Crippen LogP contribution is 2.36. The minimum Gasteiger partial charge on any atom is -0.450 e. The van der Waals surface area contributed by atoms with E-state index in [2.05, 4.69) is 9.97 Å². The van der Waals surface area contributed by atoms with Crippen LogP contribution >= 0.6 is 11.6 Å². The first kappa shape index (κ1) is 15.8. The second-order valence-corrected chi connectivity index (χ2v) is 5.99. The van der Waals surface area contributed by atoms with E-state index < -0.39 is 0 Å². The molecule has 23 heavy (non-hydrogen) atoms. The Labute approximate surface area is 139 Å². The zero-order valence-corrected chi connectivity index (χ0v) is 13.4. The molecule has 122 valence electrons. The van der Waals surface area contributed by atoms with E-state index in [-0.39, 0.29) is 17.8 Å². The van der Waals surface area contributed by atoms with Gasteiger partial charge in [-0.15, -0.1) is 0 Å². The van der Waals surface area contributed by atoms with Crippen molar-refractivity contribution < 1.29 is 9.94 Å². The molecule has 1 fully saturated rings. The molecule has 1 saturated carbocycles. The Hall–Kier alpha value is -2.05. The largest absolute Gasteiger partial charge is 0.450 e. The molecular formula is C16H19ClN4O2. The van der Waals surface area contributed by atoms with E-state index in [0.717, 1.165) is 30.7 Å². The van der Waals surface area contributed by atoms with E-state index in [1.54, 1.807) is 12.1 Å². The van der Waals surface area contributed by atoms with E-state index in [0.29, 0.717) is 16.5 Å². The number of aromatic nitrogens is 2. The number of hydrogen-bond acceptors (Lipinski definition) is 6. The molecule has 1 aliphatic rings. The van der Waals surface area contributed by atoms with Gasteiger partial charge in [-0.1, -0.05) is 43.0 Å². The summed E-state index contributed by atoms with van der Waals surface area (Å²) >= 11 is 6.12. The second kappa shape index (κ2) is 7.02. The molecule has 0 aliphatic heterocycles. The predicted octanol–water partition coefficient (Wildman–Crippen LogP) is 4.03. The maximum Gasteiger partial charge on any atom is 0.222 e. The van der Waals surface area contributed by atoms with E-state index in [1.165, 1.54) is 12.6 Å². The van der Waals surface area contributed by atoms with Gasteiger partial charge >= 0.3 is 0 Å². The molecule has 3 N–H and O–H groups in total. The third kappa shape index (κ3) is 3.65. The molecule has 1 aromatic heterocycles. The number of nitrogens with two attached hydrogens (primary N) is 1. The van der Waals surface area contributed by atoms with Gasteiger partial charge in [0.2, 0.25) is 11.8 Å². The van der Waals surface area contributed by atoms with E-state index >= 15 is 0 Å². The predicted molar refractivity (Wildman–Crippen MR) is 89.1 cm³/mol. The third-order valence-electron chi connectivity index (χ3n) is 3.95. The van der Waals surface area contributed by atoms with Gasteiger partial charge in [-0.3, -0.25) is 5.21 Å². The second-order valence-electron chi connectivity index (χ2n) is 5.58. The van der Waals surface area contributed by atoms with Crippen molar-refractivity contribution in [2.24, 2.45) is 0 Å². The summed E-state index contributed by atoms with van der Waals surface area (Å²) in [4.78, 5) is 8.10. The van der Waals surface area contributed by atoms with Gasteiger partial charge in [-0.25, -0.2) is 10.0 Å². The highest BCUT2D eigenvalue weighted by Gasteiger charge is 2.25. The summed E-state index contributed by atoms with van der Waals surface area (Å²) in [5.74, 6) is 1.15. The SMILES string of the molecule is Nc1ncc(Oc2ccccc2Cl)c(N(O)C2CCCCC2)n1. The van der Waals surface area contributed by atoms with Gasteiger partial charge in [0.15, 0.2) is 5.75 Å². The summed E-state index contributed by atoms with van der Waals surface area (Å²) in [6.45, 7) is 0. The van der Waals surface area contributed by atoms with Crippen molar-refractivity contribution in [2.75, 3.05) is 10.8 Å². The van der Waals surface area contributed by atoms with E-state index in [1.807, 2.05) is 12.1 Å². The van der Waals surface area contributed by atoms with Crippen LogP contribution in [0.5, 0.6) is 11.5 Å². The van der Waals surface area contributed by atoms with Gasteiger partial charge in [-0.05, 0) is 25.0 Å². The number of halogens is 1. The molecule has 0 atom stereocenters. The number of hydrogen-bond donors (Lipinski definition) is 2. The van der Waals surface area contributed by atoms with Gasteiger partial charge in [0.25, 0.3) is 0 Å². The maximum absolute atomic E-state index is 10.6. The van der Waals surface area contributed by atoms with Crippen LogP contribution in [0.4, 0.5) is 11.8 Å². The molecule has 0 unspecified atom stereocenters. The molecule has 0 spiro atoms. The van der Waals surface area contributed by atoms with Gasteiger partial charge in [-0.2, -0.15) is 4.98 Å². The molecule has 1 aromatic carbocycles. The Morgan fingerprint density at radius 2 is 1.91 bits per heavy atom. The van der Waals surface area contributed by atoms with Crippen LogP contribution in [0.15, 0.2) is 30.5 Å². The maximum atomic E-state index is 10.6. The highest BCUT2D eigenvalue weighted by molar-refractivity contribution is 6.32. The quantitative estimate of drug-likeness (QED) is 0.821. The van der Waals surface area contributed by atoms with Gasteiger partial charge < -0.3 is 10.5 Å². The summed E-state index contributed by atoms with van der Waals surface area (Å²) in [5, 5.41) is 12.2. The van der Waals surface area contributed by atoms with Crippen molar-refractivity contribution in [3.63, 3.8) is 0 Å². The lowest BCUT2D eigenvalue weighted by Crippen LogP contribution is -2.35. The average Bonchev–Trinajstić information content (AvgIpc) is 2.58. The zero-order valence-electron chi connectivity index (χ0n) is 12.7. The monoisotopic (exact) mass is 334 g/mol. The summed E-state index contributed by atoms with van der Waals surface area (Å²) in [6.07, 6.45) is 6.64. The first-order chi connectivity index (χ1) is 11.1. The fourth-order valence-electron chi connectivity index (χ4n) is 2.76. The number of ether oxygens (including phenoxy) is 1. The number of benzene rings is 1.